The number of nitrogens with one attached hydrogen (secondary N) is 1. The van der Waals surface area contributed by atoms with Gasteiger partial charge < -0.3 is 5.32 Å². The van der Waals surface area contributed by atoms with Crippen molar-refractivity contribution in [1.82, 2.24) is 9.97 Å². The average molecular weight is 288 g/mol. The molecule has 1 aromatic rings. The summed E-state index contributed by atoms with van der Waals surface area (Å²) >= 11 is 5.90. The Bertz CT molecular complexity index is 572. The second kappa shape index (κ2) is 5.24. The maximum absolute atomic E-state index is 11.3. The molecule has 0 fully saturated rings. The highest BCUT2D eigenvalue weighted by Crippen LogP contribution is 2.17. The predicted octanol–water partition coefficient (Wildman–Crippen LogP) is 1.81. The number of hydrogen-bond donors (Lipinski definition) is 1. The zero-order valence-electron chi connectivity index (χ0n) is 9.93. The second-order valence-electron chi connectivity index (χ2n) is 4.15. The van der Waals surface area contributed by atoms with E-state index in [9.17, 15) is 8.42 Å². The van der Waals surface area contributed by atoms with Gasteiger partial charge in [-0.1, -0.05) is 18.5 Å². The van der Waals surface area contributed by atoms with Crippen LogP contribution in [0.1, 0.15) is 19.2 Å². The molecule has 5 nitrogen and oxygen atoms in total. The molecule has 2 heterocycles. The molecule has 0 aromatic carbocycles. The Balaban J connectivity index is 2.12. The molecule has 7 heteroatoms. The standard InChI is InChI=1S/C11H14ClN3O2S/c1-2-3-10-14-9(12)6-11(15-10)13-8-4-5-18(16,17)7-8/h4-6,8H,2-3,7H2,1H3,(H,13,14,15). The van der Waals surface area contributed by atoms with Crippen LogP contribution in [-0.4, -0.2) is 30.2 Å². The van der Waals surface area contributed by atoms with E-state index < -0.39 is 9.84 Å². The van der Waals surface area contributed by atoms with Gasteiger partial charge in [0.1, 0.15) is 16.8 Å². The molecule has 0 saturated carbocycles. The second-order valence-corrected chi connectivity index (χ2v) is 6.47. The SMILES string of the molecule is CCCc1nc(Cl)cc(NC2C=CS(=O)(=O)C2)n1. The van der Waals surface area contributed by atoms with Gasteiger partial charge in [-0.3, -0.25) is 0 Å². The van der Waals surface area contributed by atoms with E-state index in [0.717, 1.165) is 12.8 Å². The van der Waals surface area contributed by atoms with Crippen molar-refractivity contribution in [3.05, 3.63) is 28.5 Å². The molecular weight excluding hydrogens is 274 g/mol. The molecule has 1 unspecified atom stereocenters. The van der Waals surface area contributed by atoms with Gasteiger partial charge in [0, 0.05) is 17.9 Å². The van der Waals surface area contributed by atoms with Crippen LogP contribution in [0.3, 0.4) is 0 Å². The van der Waals surface area contributed by atoms with Crippen LogP contribution in [0.4, 0.5) is 5.82 Å². The van der Waals surface area contributed by atoms with Crippen LogP contribution < -0.4 is 5.32 Å². The molecule has 2 rings (SSSR count). The van der Waals surface area contributed by atoms with Crippen molar-refractivity contribution >= 4 is 27.3 Å². The van der Waals surface area contributed by atoms with Crippen LogP contribution in [0.15, 0.2) is 17.6 Å². The molecule has 1 aliphatic rings. The number of hydrogen-bond acceptors (Lipinski definition) is 5. The van der Waals surface area contributed by atoms with E-state index in [1.54, 1.807) is 12.1 Å². The Hall–Kier alpha value is -1.14. The first kappa shape index (κ1) is 13.3. The number of aromatic nitrogens is 2. The Labute approximate surface area is 111 Å². The van der Waals surface area contributed by atoms with Crippen molar-refractivity contribution in [3.8, 4) is 0 Å². The normalized spacial score (nSPS) is 21.1. The van der Waals surface area contributed by atoms with Gasteiger partial charge in [0.2, 0.25) is 0 Å². The summed E-state index contributed by atoms with van der Waals surface area (Å²) in [6.07, 6.45) is 3.29. The molecule has 0 spiro atoms. The molecule has 0 saturated heterocycles. The topological polar surface area (TPSA) is 72.0 Å². The third kappa shape index (κ3) is 3.43. The summed E-state index contributed by atoms with van der Waals surface area (Å²) < 4.78 is 22.6. The summed E-state index contributed by atoms with van der Waals surface area (Å²) in [4.78, 5) is 8.40. The van der Waals surface area contributed by atoms with E-state index in [-0.39, 0.29) is 11.8 Å². The van der Waals surface area contributed by atoms with Gasteiger partial charge in [-0.25, -0.2) is 18.4 Å². The Morgan fingerprint density at radius 2 is 2.28 bits per heavy atom. The molecule has 0 amide bonds. The fourth-order valence-electron chi connectivity index (χ4n) is 1.73. The molecule has 1 N–H and O–H groups in total. The highest BCUT2D eigenvalue weighted by molar-refractivity contribution is 7.94. The smallest absolute Gasteiger partial charge is 0.173 e. The lowest BCUT2D eigenvalue weighted by atomic mass is 10.3. The molecule has 98 valence electrons. The zero-order valence-corrected chi connectivity index (χ0v) is 11.5. The number of rotatable bonds is 4. The van der Waals surface area contributed by atoms with Crippen LogP contribution in [0.25, 0.3) is 0 Å². The summed E-state index contributed by atoms with van der Waals surface area (Å²) in [5, 5.41) is 4.62. The third-order valence-electron chi connectivity index (χ3n) is 2.48. The summed E-state index contributed by atoms with van der Waals surface area (Å²) in [6, 6.07) is 1.34. The minimum atomic E-state index is -3.07. The fourth-order valence-corrected chi connectivity index (χ4v) is 3.17. The average Bonchev–Trinajstić information content (AvgIpc) is 2.57. The van der Waals surface area contributed by atoms with E-state index in [2.05, 4.69) is 15.3 Å². The number of sulfone groups is 1. The zero-order chi connectivity index (χ0) is 13.2. The van der Waals surface area contributed by atoms with Crippen molar-refractivity contribution < 1.29 is 8.42 Å². The van der Waals surface area contributed by atoms with Crippen molar-refractivity contribution in [2.24, 2.45) is 0 Å². The molecule has 0 radical (unpaired) electrons. The van der Waals surface area contributed by atoms with Crippen LogP contribution in [-0.2, 0) is 16.3 Å². The molecule has 1 atom stereocenters. The lowest BCUT2D eigenvalue weighted by molar-refractivity contribution is 0.605. The maximum atomic E-state index is 11.3. The molecule has 0 aliphatic carbocycles. The van der Waals surface area contributed by atoms with Gasteiger partial charge >= 0.3 is 0 Å². The predicted molar refractivity (Wildman–Crippen MR) is 71.4 cm³/mol. The highest BCUT2D eigenvalue weighted by atomic mass is 35.5. The van der Waals surface area contributed by atoms with Crippen LogP contribution in [0.5, 0.6) is 0 Å². The molecule has 1 aliphatic heterocycles. The molecule has 1 aromatic heterocycles. The molecule has 18 heavy (non-hydrogen) atoms. The quantitative estimate of drug-likeness (QED) is 0.855. The van der Waals surface area contributed by atoms with Gasteiger partial charge in [-0.15, -0.1) is 0 Å². The number of halogens is 1. The van der Waals surface area contributed by atoms with Crippen molar-refractivity contribution in [2.45, 2.75) is 25.8 Å². The van der Waals surface area contributed by atoms with Crippen molar-refractivity contribution in [2.75, 3.05) is 11.1 Å². The minimum absolute atomic E-state index is 0.0533. The van der Waals surface area contributed by atoms with E-state index in [0.29, 0.717) is 16.8 Å². The lowest BCUT2D eigenvalue weighted by Crippen LogP contribution is -2.21. The van der Waals surface area contributed by atoms with Crippen molar-refractivity contribution in [3.63, 3.8) is 0 Å². The first-order chi connectivity index (χ1) is 8.48. The third-order valence-corrected chi connectivity index (χ3v) is 4.07. The number of nitrogens with zero attached hydrogens (tertiary/aromatic N) is 2. The van der Waals surface area contributed by atoms with E-state index >= 15 is 0 Å². The molecule has 0 bridgehead atoms. The van der Waals surface area contributed by atoms with Crippen LogP contribution >= 0.6 is 11.6 Å². The Morgan fingerprint density at radius 1 is 1.50 bits per heavy atom. The fraction of sp³-hybridized carbons (Fsp3) is 0.455. The van der Waals surface area contributed by atoms with Crippen molar-refractivity contribution in [1.29, 1.82) is 0 Å². The monoisotopic (exact) mass is 287 g/mol. The summed E-state index contributed by atoms with van der Waals surface area (Å²) in [6.45, 7) is 2.03. The van der Waals surface area contributed by atoms with Gasteiger partial charge in [-0.2, -0.15) is 0 Å². The Morgan fingerprint density at radius 3 is 2.89 bits per heavy atom. The first-order valence-electron chi connectivity index (χ1n) is 5.69. The minimum Gasteiger partial charge on any atom is -0.363 e. The van der Waals surface area contributed by atoms with Gasteiger partial charge in [0.05, 0.1) is 11.8 Å². The Kier molecular flexibility index (Phi) is 3.87. The van der Waals surface area contributed by atoms with Crippen LogP contribution in [0, 0.1) is 0 Å². The van der Waals surface area contributed by atoms with Gasteiger partial charge in [0.25, 0.3) is 0 Å². The summed E-state index contributed by atoms with van der Waals surface area (Å²) in [7, 11) is -3.07. The molecular formula is C11H14ClN3O2S. The van der Waals surface area contributed by atoms with E-state index in [1.165, 1.54) is 5.41 Å². The highest BCUT2D eigenvalue weighted by Gasteiger charge is 2.21. The van der Waals surface area contributed by atoms with E-state index in [4.69, 9.17) is 11.6 Å². The first-order valence-corrected chi connectivity index (χ1v) is 7.79. The maximum Gasteiger partial charge on any atom is 0.173 e. The van der Waals surface area contributed by atoms with Crippen LogP contribution in [0.2, 0.25) is 5.15 Å². The van der Waals surface area contributed by atoms with Gasteiger partial charge in [0.15, 0.2) is 9.84 Å². The number of aryl methyl sites for hydroxylation is 1. The summed E-state index contributed by atoms with van der Waals surface area (Å²) in [5.74, 6) is 1.28. The number of anilines is 1. The lowest BCUT2D eigenvalue weighted by Gasteiger charge is -2.11. The summed E-state index contributed by atoms with van der Waals surface area (Å²) in [5.41, 5.74) is 0. The largest absolute Gasteiger partial charge is 0.363 e. The van der Waals surface area contributed by atoms with Gasteiger partial charge in [-0.05, 0) is 12.5 Å². The van der Waals surface area contributed by atoms with E-state index in [1.807, 2.05) is 6.92 Å².